The molecule has 1 aromatic carbocycles. The van der Waals surface area contributed by atoms with Gasteiger partial charge in [-0.05, 0) is 128 Å². The molecule has 0 amide bonds. The molecule has 0 saturated heterocycles. The van der Waals surface area contributed by atoms with Crippen molar-refractivity contribution in [3.05, 3.63) is 36.0 Å². The summed E-state index contributed by atoms with van der Waals surface area (Å²) in [6.07, 6.45) is 6.32. The first kappa shape index (κ1) is 39.4. The molecule has 2 saturated carbocycles. The molecule has 11 heteroatoms. The van der Waals surface area contributed by atoms with Crippen LogP contribution >= 0.6 is 0 Å². The van der Waals surface area contributed by atoms with Gasteiger partial charge in [0.2, 0.25) is 0 Å². The van der Waals surface area contributed by atoms with Gasteiger partial charge in [-0.3, -0.25) is 9.59 Å². The third-order valence-electron chi connectivity index (χ3n) is 10.9. The zero-order chi connectivity index (χ0) is 36.4. The van der Waals surface area contributed by atoms with Crippen LogP contribution in [0.2, 0.25) is 0 Å². The molecule has 278 valence electrons. The summed E-state index contributed by atoms with van der Waals surface area (Å²) in [5.41, 5.74) is 8.25. The van der Waals surface area contributed by atoms with Gasteiger partial charge in [-0.1, -0.05) is 13.8 Å². The van der Waals surface area contributed by atoms with Crippen LogP contribution in [0.1, 0.15) is 84.6 Å². The predicted octanol–water partition coefficient (Wildman–Crippen LogP) is 5.71. The van der Waals surface area contributed by atoms with Crippen LogP contribution in [0.3, 0.4) is 0 Å². The fourth-order valence-electron chi connectivity index (χ4n) is 8.69. The second-order valence-electron chi connectivity index (χ2n) is 14.7. The molecule has 2 bridgehead atoms. The maximum absolute atomic E-state index is 12.6. The van der Waals surface area contributed by atoms with Crippen molar-refractivity contribution in [3.63, 3.8) is 0 Å². The lowest BCUT2D eigenvalue weighted by Gasteiger charge is -2.47. The summed E-state index contributed by atoms with van der Waals surface area (Å²) < 4.78 is 23.0. The molecule has 5 N–H and O–H groups in total. The number of aromatic hydroxyl groups is 1. The van der Waals surface area contributed by atoms with E-state index >= 15 is 0 Å². The lowest BCUT2D eigenvalue weighted by molar-refractivity contribution is -0.158. The Balaban J connectivity index is 1.64. The SMILES string of the molecule is COCCC1C(O)CC(C(CC(CCc2cc(OCCO)c(O)cc2-c2ccnc(N)c2)OC(C)=O)OC(C)=O)CC2CC1CCC2C(C)C. The molecule has 50 heavy (non-hydrogen) atoms. The topological polar surface area (TPSA) is 171 Å². The number of nitrogens with zero attached hydrogens (tertiary/aromatic N) is 1. The molecule has 1 heterocycles. The van der Waals surface area contributed by atoms with Crippen LogP contribution in [0.4, 0.5) is 5.82 Å². The van der Waals surface area contributed by atoms with Crippen molar-refractivity contribution in [1.29, 1.82) is 0 Å². The van der Waals surface area contributed by atoms with Crippen molar-refractivity contribution in [3.8, 4) is 22.6 Å². The summed E-state index contributed by atoms with van der Waals surface area (Å²) in [4.78, 5) is 29.2. The summed E-state index contributed by atoms with van der Waals surface area (Å²) in [5.74, 6) is 1.53. The van der Waals surface area contributed by atoms with Gasteiger partial charge in [-0.25, -0.2) is 4.98 Å². The maximum Gasteiger partial charge on any atom is 0.302 e. The van der Waals surface area contributed by atoms with Gasteiger partial charge >= 0.3 is 11.9 Å². The number of fused-ring (bicyclic) bond motifs is 2. The number of aliphatic hydroxyl groups is 2. The second kappa shape index (κ2) is 18.7. The minimum absolute atomic E-state index is 0.00760. The Morgan fingerprint density at radius 1 is 1.02 bits per heavy atom. The molecule has 11 nitrogen and oxygen atoms in total. The van der Waals surface area contributed by atoms with Gasteiger partial charge in [0.05, 0.1) is 12.7 Å². The van der Waals surface area contributed by atoms with E-state index in [1.807, 2.05) is 0 Å². The standard InChI is InChI=1S/C39H58N2O9/c1-23(2)32-9-7-26-16-29(32)17-30(18-35(45)33(26)11-14-47-5)37(50-25(4)44)21-31(49-24(3)43)8-6-27-19-38(48-15-13-42)36(46)22-34(27)28-10-12-41-39(40)20-28/h10,12,19-20,22-23,26,29-33,35,37,42,45-46H,6-9,11,13-18,21H2,1-5H3,(H2,40,41). The smallest absolute Gasteiger partial charge is 0.302 e. The number of rotatable bonds is 16. The van der Waals surface area contributed by atoms with Gasteiger partial charge in [0.15, 0.2) is 11.5 Å². The van der Waals surface area contributed by atoms with Crippen molar-refractivity contribution >= 4 is 17.8 Å². The number of carbonyl (C=O) groups excluding carboxylic acids is 2. The first-order chi connectivity index (χ1) is 23.9. The Kier molecular flexibility index (Phi) is 14.7. The Bertz CT molecular complexity index is 1400. The summed E-state index contributed by atoms with van der Waals surface area (Å²) in [7, 11) is 1.69. The molecule has 0 aliphatic heterocycles. The predicted molar refractivity (Wildman–Crippen MR) is 190 cm³/mol. The van der Waals surface area contributed by atoms with Crippen molar-refractivity contribution in [2.45, 2.75) is 104 Å². The summed E-state index contributed by atoms with van der Waals surface area (Å²) in [6.45, 7) is 7.72. The van der Waals surface area contributed by atoms with Crippen LogP contribution in [0.15, 0.2) is 30.5 Å². The van der Waals surface area contributed by atoms with Crippen LogP contribution in [0.5, 0.6) is 11.5 Å². The summed E-state index contributed by atoms with van der Waals surface area (Å²) >= 11 is 0. The average molecular weight is 699 g/mol. The molecule has 2 aromatic rings. The van der Waals surface area contributed by atoms with Crippen LogP contribution in [-0.2, 0) is 30.2 Å². The monoisotopic (exact) mass is 698 g/mol. The van der Waals surface area contributed by atoms with E-state index in [4.69, 9.17) is 24.7 Å². The molecule has 2 aliphatic carbocycles. The number of aliphatic hydroxyl groups excluding tert-OH is 2. The van der Waals surface area contributed by atoms with Crippen molar-refractivity contribution in [1.82, 2.24) is 4.98 Å². The Morgan fingerprint density at radius 2 is 1.78 bits per heavy atom. The molecule has 2 fully saturated rings. The number of aryl methyl sites for hydroxylation is 1. The number of hydrogen-bond acceptors (Lipinski definition) is 11. The van der Waals surface area contributed by atoms with Gasteiger partial charge < -0.3 is 40.0 Å². The quantitative estimate of drug-likeness (QED) is 0.159. The molecule has 0 radical (unpaired) electrons. The van der Waals surface area contributed by atoms with Gasteiger partial charge in [-0.2, -0.15) is 0 Å². The van der Waals surface area contributed by atoms with Crippen LogP contribution in [-0.4, -0.2) is 77.5 Å². The average Bonchev–Trinajstić information content (AvgIpc) is 3.05. The highest BCUT2D eigenvalue weighted by Crippen LogP contribution is 2.49. The normalized spacial score (nSPS) is 24.9. The third kappa shape index (κ3) is 10.8. The Morgan fingerprint density at radius 3 is 2.44 bits per heavy atom. The Hall–Kier alpha value is -3.41. The van der Waals surface area contributed by atoms with Crippen LogP contribution in [0.25, 0.3) is 11.1 Å². The van der Waals surface area contributed by atoms with Crippen molar-refractivity contribution < 1.29 is 43.9 Å². The number of nitrogens with two attached hydrogens (primary N) is 1. The molecular weight excluding hydrogens is 640 g/mol. The minimum Gasteiger partial charge on any atom is -0.504 e. The molecule has 0 spiro atoms. The zero-order valence-corrected chi connectivity index (χ0v) is 30.4. The van der Waals surface area contributed by atoms with E-state index in [9.17, 15) is 24.9 Å². The van der Waals surface area contributed by atoms with Crippen molar-refractivity contribution in [2.75, 3.05) is 32.7 Å². The number of benzene rings is 1. The molecule has 1 aromatic heterocycles. The number of phenols is 1. The first-order valence-electron chi connectivity index (χ1n) is 18.2. The third-order valence-corrected chi connectivity index (χ3v) is 10.9. The number of ether oxygens (including phenoxy) is 4. The largest absolute Gasteiger partial charge is 0.504 e. The van der Waals surface area contributed by atoms with Crippen LogP contribution < -0.4 is 10.5 Å². The van der Waals surface area contributed by atoms with E-state index in [0.29, 0.717) is 60.9 Å². The fraction of sp³-hybridized carbons (Fsp3) is 0.667. The van der Waals surface area contributed by atoms with Gasteiger partial charge in [-0.15, -0.1) is 0 Å². The molecular formula is C39H58N2O9. The number of pyridine rings is 1. The highest BCUT2D eigenvalue weighted by molar-refractivity contribution is 5.72. The second-order valence-corrected chi connectivity index (χ2v) is 14.7. The van der Waals surface area contributed by atoms with E-state index in [1.54, 1.807) is 37.6 Å². The number of phenolic OH excluding ortho intramolecular Hbond substituents is 1. The number of aromatic nitrogens is 1. The van der Waals surface area contributed by atoms with E-state index in [1.165, 1.54) is 13.8 Å². The van der Waals surface area contributed by atoms with Crippen LogP contribution in [0, 0.1) is 35.5 Å². The number of anilines is 1. The highest BCUT2D eigenvalue weighted by atomic mass is 16.6. The number of hydrogen-bond donors (Lipinski definition) is 4. The van der Waals surface area contributed by atoms with Crippen molar-refractivity contribution in [2.24, 2.45) is 35.5 Å². The summed E-state index contributed by atoms with van der Waals surface area (Å²) in [5, 5.41) is 31.8. The van der Waals surface area contributed by atoms with E-state index < -0.39 is 30.3 Å². The lowest BCUT2D eigenvalue weighted by Crippen LogP contribution is -2.44. The number of carbonyl (C=O) groups is 2. The lowest BCUT2D eigenvalue weighted by atomic mass is 9.60. The fourth-order valence-corrected chi connectivity index (χ4v) is 8.69. The number of nitrogen functional groups attached to an aromatic ring is 1. The summed E-state index contributed by atoms with van der Waals surface area (Å²) in [6, 6.07) is 6.83. The Labute approximate surface area is 296 Å². The molecule has 2 aliphatic rings. The molecule has 4 rings (SSSR count). The van der Waals surface area contributed by atoms with E-state index in [0.717, 1.165) is 43.2 Å². The minimum atomic E-state index is -0.602. The molecule has 8 unspecified atom stereocenters. The highest BCUT2D eigenvalue weighted by Gasteiger charge is 2.44. The van der Waals surface area contributed by atoms with Gasteiger partial charge in [0, 0.05) is 40.2 Å². The first-order valence-corrected chi connectivity index (χ1v) is 18.2. The number of esters is 2. The zero-order valence-electron chi connectivity index (χ0n) is 30.4. The van der Waals surface area contributed by atoms with E-state index in [-0.39, 0.29) is 43.0 Å². The molecule has 8 atom stereocenters. The maximum atomic E-state index is 12.6. The number of methoxy groups -OCH3 is 1. The van der Waals surface area contributed by atoms with Gasteiger partial charge in [0.1, 0.15) is 24.6 Å². The van der Waals surface area contributed by atoms with Gasteiger partial charge in [0.25, 0.3) is 0 Å². The van der Waals surface area contributed by atoms with E-state index in [2.05, 4.69) is 18.8 Å².